The molecule has 0 aromatic rings. The Kier molecular flexibility index (Phi) is 2.03. The minimum Gasteiger partial charge on any atom is -0.488 e. The van der Waals surface area contributed by atoms with Crippen LogP contribution in [0.3, 0.4) is 0 Å². The zero-order valence-electron chi connectivity index (χ0n) is 9.74. The summed E-state index contributed by atoms with van der Waals surface area (Å²) in [7, 11) is 0. The standard InChI is InChI=1S/C14H20O2/c1-3-10(2)16-14-7-11-4-12(8-14)6-13(15,5-11)9-14/h3,11-12,15H,1-2,4-9H2. The Morgan fingerprint density at radius 3 is 2.38 bits per heavy atom. The van der Waals surface area contributed by atoms with Gasteiger partial charge in [0.15, 0.2) is 0 Å². The second-order valence-electron chi connectivity index (χ2n) is 6.14. The molecule has 1 N–H and O–H groups in total. The van der Waals surface area contributed by atoms with E-state index in [0.717, 1.165) is 32.1 Å². The van der Waals surface area contributed by atoms with E-state index in [1.807, 2.05) is 0 Å². The predicted octanol–water partition coefficient (Wildman–Crippen LogP) is 2.79. The Morgan fingerprint density at radius 2 is 1.88 bits per heavy atom. The Labute approximate surface area is 97.0 Å². The molecule has 4 bridgehead atoms. The van der Waals surface area contributed by atoms with Crippen LogP contribution in [0.4, 0.5) is 0 Å². The Bertz CT molecular complexity index is 331. The van der Waals surface area contributed by atoms with Crippen molar-refractivity contribution in [3.05, 3.63) is 25.0 Å². The molecule has 0 aliphatic heterocycles. The van der Waals surface area contributed by atoms with Gasteiger partial charge in [0.2, 0.25) is 0 Å². The van der Waals surface area contributed by atoms with Crippen LogP contribution in [-0.2, 0) is 4.74 Å². The third-order valence-corrected chi connectivity index (χ3v) is 4.55. The van der Waals surface area contributed by atoms with Crippen molar-refractivity contribution in [2.75, 3.05) is 0 Å². The van der Waals surface area contributed by atoms with Crippen molar-refractivity contribution in [1.82, 2.24) is 0 Å². The summed E-state index contributed by atoms with van der Waals surface area (Å²) in [5.41, 5.74) is -0.588. The molecule has 0 spiro atoms. The summed E-state index contributed by atoms with van der Waals surface area (Å²) >= 11 is 0. The molecule has 16 heavy (non-hydrogen) atoms. The largest absolute Gasteiger partial charge is 0.488 e. The molecule has 0 saturated heterocycles. The molecule has 0 aromatic carbocycles. The van der Waals surface area contributed by atoms with Crippen LogP contribution in [-0.4, -0.2) is 16.3 Å². The molecular weight excluding hydrogens is 200 g/mol. The quantitative estimate of drug-likeness (QED) is 0.585. The number of hydrogen-bond donors (Lipinski definition) is 1. The summed E-state index contributed by atoms with van der Waals surface area (Å²) in [4.78, 5) is 0. The van der Waals surface area contributed by atoms with Crippen LogP contribution in [0.2, 0.25) is 0 Å². The van der Waals surface area contributed by atoms with Gasteiger partial charge < -0.3 is 9.84 Å². The van der Waals surface area contributed by atoms with E-state index in [1.165, 1.54) is 6.42 Å². The van der Waals surface area contributed by atoms with Crippen molar-refractivity contribution in [3.8, 4) is 0 Å². The van der Waals surface area contributed by atoms with Gasteiger partial charge in [0.25, 0.3) is 0 Å². The molecule has 2 unspecified atom stereocenters. The van der Waals surface area contributed by atoms with E-state index in [4.69, 9.17) is 4.74 Å². The lowest BCUT2D eigenvalue weighted by Crippen LogP contribution is -2.59. The van der Waals surface area contributed by atoms with Gasteiger partial charge in [-0.05, 0) is 50.0 Å². The van der Waals surface area contributed by atoms with Crippen LogP contribution in [0.25, 0.3) is 0 Å². The zero-order valence-corrected chi connectivity index (χ0v) is 9.74. The highest BCUT2D eigenvalue weighted by Crippen LogP contribution is 2.59. The van der Waals surface area contributed by atoms with E-state index in [2.05, 4.69) is 13.2 Å². The lowest BCUT2D eigenvalue weighted by molar-refractivity contribution is -0.204. The maximum absolute atomic E-state index is 10.5. The minimum atomic E-state index is -0.453. The van der Waals surface area contributed by atoms with Crippen LogP contribution in [0, 0.1) is 11.8 Å². The van der Waals surface area contributed by atoms with Gasteiger partial charge in [-0.25, -0.2) is 0 Å². The van der Waals surface area contributed by atoms with Gasteiger partial charge in [-0.15, -0.1) is 0 Å². The summed E-state index contributed by atoms with van der Waals surface area (Å²) in [5, 5.41) is 10.5. The number of aliphatic hydroxyl groups is 1. The highest BCUT2D eigenvalue weighted by molar-refractivity contribution is 5.13. The first-order valence-electron chi connectivity index (χ1n) is 6.25. The van der Waals surface area contributed by atoms with Crippen LogP contribution in [0.1, 0.15) is 38.5 Å². The second kappa shape index (κ2) is 3.13. The molecule has 4 aliphatic carbocycles. The van der Waals surface area contributed by atoms with E-state index >= 15 is 0 Å². The Morgan fingerprint density at radius 1 is 1.25 bits per heavy atom. The van der Waals surface area contributed by atoms with Crippen molar-refractivity contribution in [2.45, 2.75) is 49.7 Å². The van der Waals surface area contributed by atoms with Gasteiger partial charge in [0, 0.05) is 6.42 Å². The first-order chi connectivity index (χ1) is 7.53. The van der Waals surface area contributed by atoms with Gasteiger partial charge >= 0.3 is 0 Å². The lowest BCUT2D eigenvalue weighted by Gasteiger charge is -2.59. The molecule has 2 atom stereocenters. The van der Waals surface area contributed by atoms with Crippen LogP contribution in [0.5, 0.6) is 0 Å². The molecule has 2 heteroatoms. The highest BCUT2D eigenvalue weighted by atomic mass is 16.5. The molecule has 2 nitrogen and oxygen atoms in total. The van der Waals surface area contributed by atoms with Crippen molar-refractivity contribution < 1.29 is 9.84 Å². The molecule has 0 amide bonds. The fourth-order valence-electron chi connectivity index (χ4n) is 4.57. The van der Waals surface area contributed by atoms with Gasteiger partial charge in [-0.1, -0.05) is 13.2 Å². The summed E-state index contributed by atoms with van der Waals surface area (Å²) in [6.45, 7) is 7.54. The number of ether oxygens (including phenoxy) is 1. The molecule has 88 valence electrons. The molecule has 0 radical (unpaired) electrons. The van der Waals surface area contributed by atoms with Crippen LogP contribution < -0.4 is 0 Å². The number of rotatable bonds is 3. The lowest BCUT2D eigenvalue weighted by atomic mass is 9.52. The number of allylic oxidation sites excluding steroid dienone is 1. The first kappa shape index (κ1) is 10.4. The molecule has 4 aliphatic rings. The predicted molar refractivity (Wildman–Crippen MR) is 62.8 cm³/mol. The van der Waals surface area contributed by atoms with Crippen molar-refractivity contribution in [2.24, 2.45) is 11.8 Å². The molecule has 4 rings (SSSR count). The summed E-state index contributed by atoms with van der Waals surface area (Å²) < 4.78 is 5.99. The van der Waals surface area contributed by atoms with Gasteiger partial charge in [-0.3, -0.25) is 0 Å². The number of hydrogen-bond acceptors (Lipinski definition) is 2. The molecular formula is C14H20O2. The SMILES string of the molecule is C=CC(=C)OC12CC3CC(CC(O)(C3)C1)C2. The van der Waals surface area contributed by atoms with E-state index in [1.54, 1.807) is 6.08 Å². The Hall–Kier alpha value is -0.760. The Balaban J connectivity index is 1.86. The van der Waals surface area contributed by atoms with E-state index in [-0.39, 0.29) is 5.60 Å². The smallest absolute Gasteiger partial charge is 0.112 e. The van der Waals surface area contributed by atoms with E-state index in [9.17, 15) is 5.11 Å². The van der Waals surface area contributed by atoms with Crippen molar-refractivity contribution >= 4 is 0 Å². The fourth-order valence-corrected chi connectivity index (χ4v) is 4.57. The minimum absolute atomic E-state index is 0.135. The van der Waals surface area contributed by atoms with E-state index < -0.39 is 5.60 Å². The summed E-state index contributed by atoms with van der Waals surface area (Å²) in [6, 6.07) is 0. The van der Waals surface area contributed by atoms with Gasteiger partial charge in [0.1, 0.15) is 11.4 Å². The maximum Gasteiger partial charge on any atom is 0.112 e. The third-order valence-electron chi connectivity index (χ3n) is 4.55. The second-order valence-corrected chi connectivity index (χ2v) is 6.14. The highest BCUT2D eigenvalue weighted by Gasteiger charge is 2.58. The molecule has 0 heterocycles. The van der Waals surface area contributed by atoms with Crippen molar-refractivity contribution in [1.29, 1.82) is 0 Å². The summed E-state index contributed by atoms with van der Waals surface area (Å²) in [6.07, 6.45) is 7.90. The average Bonchev–Trinajstić information content (AvgIpc) is 2.12. The first-order valence-corrected chi connectivity index (χ1v) is 6.25. The zero-order chi connectivity index (χ0) is 11.4. The van der Waals surface area contributed by atoms with Crippen LogP contribution in [0.15, 0.2) is 25.0 Å². The molecule has 0 aromatic heterocycles. The molecule has 4 saturated carbocycles. The average molecular weight is 220 g/mol. The topological polar surface area (TPSA) is 29.5 Å². The van der Waals surface area contributed by atoms with E-state index in [0.29, 0.717) is 17.6 Å². The van der Waals surface area contributed by atoms with Gasteiger partial charge in [0.05, 0.1) is 5.60 Å². The maximum atomic E-state index is 10.5. The summed E-state index contributed by atoms with van der Waals surface area (Å²) in [5.74, 6) is 1.97. The fraction of sp³-hybridized carbons (Fsp3) is 0.714. The van der Waals surface area contributed by atoms with Crippen molar-refractivity contribution in [3.63, 3.8) is 0 Å². The monoisotopic (exact) mass is 220 g/mol. The van der Waals surface area contributed by atoms with Crippen LogP contribution >= 0.6 is 0 Å². The normalized spacial score (nSPS) is 49.1. The molecule has 4 fully saturated rings. The third kappa shape index (κ3) is 1.51. The van der Waals surface area contributed by atoms with Gasteiger partial charge in [-0.2, -0.15) is 0 Å².